The van der Waals surface area contributed by atoms with E-state index in [1.807, 2.05) is 20.8 Å². The van der Waals surface area contributed by atoms with E-state index in [2.05, 4.69) is 9.97 Å². The maximum Gasteiger partial charge on any atom is 0.251 e. The van der Waals surface area contributed by atoms with Gasteiger partial charge in [-0.15, -0.1) is 0 Å². The van der Waals surface area contributed by atoms with Gasteiger partial charge in [0.2, 0.25) is 5.91 Å². The summed E-state index contributed by atoms with van der Waals surface area (Å²) in [5.74, 6) is 0.185. The maximum absolute atomic E-state index is 13.2. The van der Waals surface area contributed by atoms with E-state index in [-0.39, 0.29) is 23.8 Å². The van der Waals surface area contributed by atoms with E-state index < -0.39 is 17.7 Å². The molecule has 2 fully saturated rings. The van der Waals surface area contributed by atoms with Crippen LogP contribution in [0.5, 0.6) is 0 Å². The molecule has 7 nitrogen and oxygen atoms in total. The summed E-state index contributed by atoms with van der Waals surface area (Å²) in [7, 11) is 0. The predicted octanol–water partition coefficient (Wildman–Crippen LogP) is 1.15. The van der Waals surface area contributed by atoms with Gasteiger partial charge in [0.25, 0.3) is 5.91 Å². The van der Waals surface area contributed by atoms with E-state index in [0.29, 0.717) is 18.8 Å². The smallest absolute Gasteiger partial charge is 0.251 e. The van der Waals surface area contributed by atoms with Gasteiger partial charge < -0.3 is 14.9 Å². The number of likely N-dealkylation sites (tertiary alicyclic amines) is 2. The zero-order valence-electron chi connectivity index (χ0n) is 15.2. The SMILES string of the molecule is CC(C)C(=O)N1C(C)CCC12CN(C(c1ncccn1)C(C)O)C2=O. The second kappa shape index (κ2) is 6.37. The molecule has 2 saturated heterocycles. The number of carbonyl (C=O) groups excluding carboxylic acids is 2. The zero-order chi connectivity index (χ0) is 18.4. The number of nitrogens with zero attached hydrogens (tertiary/aromatic N) is 4. The van der Waals surface area contributed by atoms with Gasteiger partial charge >= 0.3 is 0 Å². The van der Waals surface area contributed by atoms with Crippen LogP contribution in [0.25, 0.3) is 0 Å². The Kier molecular flexibility index (Phi) is 4.53. The van der Waals surface area contributed by atoms with Gasteiger partial charge in [0.15, 0.2) is 5.82 Å². The lowest BCUT2D eigenvalue weighted by molar-refractivity contribution is -0.177. The Morgan fingerprint density at radius 1 is 1.32 bits per heavy atom. The van der Waals surface area contributed by atoms with Crippen LogP contribution < -0.4 is 0 Å². The van der Waals surface area contributed by atoms with Crippen molar-refractivity contribution in [2.75, 3.05) is 6.54 Å². The third-order valence-corrected chi connectivity index (χ3v) is 5.34. The fourth-order valence-corrected chi connectivity index (χ4v) is 4.09. The quantitative estimate of drug-likeness (QED) is 0.827. The molecule has 0 bridgehead atoms. The highest BCUT2D eigenvalue weighted by Gasteiger charge is 2.63. The standard InChI is InChI=1S/C18H26N4O3/c1-11(2)16(24)22-12(3)6-7-18(22)10-21(17(18)25)14(13(4)23)15-19-8-5-9-20-15/h5,8-9,11-14,23H,6-7,10H2,1-4H3. The first-order valence-electron chi connectivity index (χ1n) is 8.89. The van der Waals surface area contributed by atoms with Crippen molar-refractivity contribution in [1.82, 2.24) is 19.8 Å². The van der Waals surface area contributed by atoms with Crippen LogP contribution in [0.1, 0.15) is 52.4 Å². The molecule has 4 unspecified atom stereocenters. The topological polar surface area (TPSA) is 86.6 Å². The predicted molar refractivity (Wildman–Crippen MR) is 91.3 cm³/mol. The first-order valence-corrected chi connectivity index (χ1v) is 8.89. The highest BCUT2D eigenvalue weighted by Crippen LogP contribution is 2.46. The van der Waals surface area contributed by atoms with Crippen molar-refractivity contribution >= 4 is 11.8 Å². The molecular formula is C18H26N4O3. The van der Waals surface area contributed by atoms with Crippen LogP contribution in [0, 0.1) is 5.92 Å². The van der Waals surface area contributed by atoms with Gasteiger partial charge in [0, 0.05) is 24.4 Å². The summed E-state index contributed by atoms with van der Waals surface area (Å²) < 4.78 is 0. The first-order chi connectivity index (χ1) is 11.8. The van der Waals surface area contributed by atoms with Crippen molar-refractivity contribution in [2.45, 2.75) is 64.3 Å². The Hall–Kier alpha value is -2.02. The number of aliphatic hydroxyl groups excluding tert-OH is 1. The average Bonchev–Trinajstić information content (AvgIpc) is 2.93. The minimum atomic E-state index is -0.795. The largest absolute Gasteiger partial charge is 0.391 e. The van der Waals surface area contributed by atoms with Crippen molar-refractivity contribution in [2.24, 2.45) is 5.92 Å². The Balaban J connectivity index is 1.87. The molecule has 25 heavy (non-hydrogen) atoms. The van der Waals surface area contributed by atoms with Gasteiger partial charge in [-0.3, -0.25) is 9.59 Å². The van der Waals surface area contributed by atoms with Crippen molar-refractivity contribution in [1.29, 1.82) is 0 Å². The lowest BCUT2D eigenvalue weighted by Gasteiger charge is -2.54. The first kappa shape index (κ1) is 17.8. The summed E-state index contributed by atoms with van der Waals surface area (Å²) in [4.78, 5) is 37.6. The number of carbonyl (C=O) groups is 2. The summed E-state index contributed by atoms with van der Waals surface area (Å²) in [6.07, 6.45) is 3.90. The molecule has 1 spiro atoms. The fraction of sp³-hybridized carbons (Fsp3) is 0.667. The molecule has 0 radical (unpaired) electrons. The normalized spacial score (nSPS) is 28.4. The molecule has 1 aromatic rings. The van der Waals surface area contributed by atoms with Crippen LogP contribution in [0.3, 0.4) is 0 Å². The summed E-state index contributed by atoms with van der Waals surface area (Å²) in [5, 5.41) is 10.2. The summed E-state index contributed by atoms with van der Waals surface area (Å²) in [6, 6.07) is 1.16. The molecule has 7 heteroatoms. The van der Waals surface area contributed by atoms with Crippen LogP contribution >= 0.6 is 0 Å². The maximum atomic E-state index is 13.2. The van der Waals surface area contributed by atoms with E-state index in [0.717, 1.165) is 6.42 Å². The lowest BCUT2D eigenvalue weighted by Crippen LogP contribution is -2.74. The molecule has 1 N–H and O–H groups in total. The van der Waals surface area contributed by atoms with Crippen LogP contribution in [0.15, 0.2) is 18.5 Å². The number of amides is 2. The van der Waals surface area contributed by atoms with E-state index in [1.54, 1.807) is 35.2 Å². The van der Waals surface area contributed by atoms with E-state index in [1.165, 1.54) is 0 Å². The van der Waals surface area contributed by atoms with Crippen molar-refractivity contribution < 1.29 is 14.7 Å². The summed E-state index contributed by atoms with van der Waals surface area (Å²) in [5.41, 5.74) is -0.761. The molecule has 3 heterocycles. The van der Waals surface area contributed by atoms with E-state index in [9.17, 15) is 14.7 Å². The minimum Gasteiger partial charge on any atom is -0.391 e. The van der Waals surface area contributed by atoms with Gasteiger partial charge in [-0.25, -0.2) is 9.97 Å². The van der Waals surface area contributed by atoms with Crippen molar-refractivity contribution in [3.05, 3.63) is 24.3 Å². The van der Waals surface area contributed by atoms with Gasteiger partial charge in [-0.1, -0.05) is 13.8 Å². The van der Waals surface area contributed by atoms with Gasteiger partial charge in [-0.2, -0.15) is 0 Å². The number of β-lactam (4-membered cyclic amide) rings is 1. The van der Waals surface area contributed by atoms with Crippen LogP contribution in [-0.4, -0.2) is 60.9 Å². The average molecular weight is 346 g/mol. The van der Waals surface area contributed by atoms with Crippen molar-refractivity contribution in [3.63, 3.8) is 0 Å². The van der Waals surface area contributed by atoms with Crippen LogP contribution in [0.2, 0.25) is 0 Å². The second-order valence-electron chi connectivity index (χ2n) is 7.51. The molecule has 2 aliphatic rings. The Morgan fingerprint density at radius 2 is 1.96 bits per heavy atom. The second-order valence-corrected chi connectivity index (χ2v) is 7.51. The van der Waals surface area contributed by atoms with Gasteiger partial charge in [0.1, 0.15) is 11.6 Å². The van der Waals surface area contributed by atoms with Crippen LogP contribution in [-0.2, 0) is 9.59 Å². The highest BCUT2D eigenvalue weighted by molar-refractivity contribution is 5.98. The summed E-state index contributed by atoms with van der Waals surface area (Å²) >= 11 is 0. The molecule has 2 amide bonds. The summed E-state index contributed by atoms with van der Waals surface area (Å²) in [6.45, 7) is 7.77. The number of aromatic nitrogens is 2. The molecule has 4 atom stereocenters. The monoisotopic (exact) mass is 346 g/mol. The molecule has 0 aromatic carbocycles. The zero-order valence-corrected chi connectivity index (χ0v) is 15.2. The lowest BCUT2D eigenvalue weighted by atomic mass is 9.82. The number of hydrogen-bond donors (Lipinski definition) is 1. The molecule has 0 aliphatic carbocycles. The molecular weight excluding hydrogens is 320 g/mol. The highest BCUT2D eigenvalue weighted by atomic mass is 16.3. The molecule has 3 rings (SSSR count). The van der Waals surface area contributed by atoms with Crippen LogP contribution in [0.4, 0.5) is 0 Å². The number of hydrogen-bond acceptors (Lipinski definition) is 5. The third kappa shape index (κ3) is 2.70. The molecule has 1 aromatic heterocycles. The van der Waals surface area contributed by atoms with Crippen molar-refractivity contribution in [3.8, 4) is 0 Å². The van der Waals surface area contributed by atoms with E-state index >= 15 is 0 Å². The Labute approximate surface area is 148 Å². The third-order valence-electron chi connectivity index (χ3n) is 5.34. The fourth-order valence-electron chi connectivity index (χ4n) is 4.09. The molecule has 136 valence electrons. The number of rotatable bonds is 4. The minimum absolute atomic E-state index is 0.0163. The van der Waals surface area contributed by atoms with Gasteiger partial charge in [0.05, 0.1) is 12.6 Å². The molecule has 2 aliphatic heterocycles. The molecule has 0 saturated carbocycles. The Bertz CT molecular complexity index is 664. The van der Waals surface area contributed by atoms with Gasteiger partial charge in [-0.05, 0) is 32.8 Å². The number of aliphatic hydroxyl groups is 1. The Morgan fingerprint density at radius 3 is 2.48 bits per heavy atom. The van der Waals surface area contributed by atoms with E-state index in [4.69, 9.17) is 0 Å².